The molecule has 0 bridgehead atoms. The van der Waals surface area contributed by atoms with Gasteiger partial charge in [-0.2, -0.15) is 0 Å². The lowest BCUT2D eigenvalue weighted by atomic mass is 10.1. The lowest BCUT2D eigenvalue weighted by Gasteiger charge is -2.12. The average Bonchev–Trinajstić information content (AvgIpc) is 2.43. The molecular weight excluding hydrogens is 420 g/mol. The first-order valence-corrected chi connectivity index (χ1v) is 9.20. The molecule has 7 heteroatoms. The highest BCUT2D eigenvalue weighted by molar-refractivity contribution is 9.11. The molecule has 0 amide bonds. The third kappa shape index (κ3) is 4.06. The van der Waals surface area contributed by atoms with Crippen LogP contribution in [0.15, 0.2) is 56.3 Å². The van der Waals surface area contributed by atoms with E-state index in [0.29, 0.717) is 10.2 Å². The highest BCUT2D eigenvalue weighted by Crippen LogP contribution is 2.28. The summed E-state index contributed by atoms with van der Waals surface area (Å²) in [5, 5.41) is 0. The molecule has 3 N–H and O–H groups in total. The summed E-state index contributed by atoms with van der Waals surface area (Å²) in [4.78, 5) is 0.184. The highest BCUT2D eigenvalue weighted by Gasteiger charge is 2.16. The van der Waals surface area contributed by atoms with E-state index >= 15 is 0 Å². The second-order valence-corrected chi connectivity index (χ2v) is 8.04. The van der Waals surface area contributed by atoms with Gasteiger partial charge in [0, 0.05) is 15.0 Å². The minimum Gasteiger partial charge on any atom is -0.324 e. The Labute approximate surface area is 141 Å². The Bertz CT molecular complexity index is 761. The van der Waals surface area contributed by atoms with Crippen molar-refractivity contribution in [2.24, 2.45) is 5.73 Å². The van der Waals surface area contributed by atoms with Crippen molar-refractivity contribution in [3.63, 3.8) is 0 Å². The van der Waals surface area contributed by atoms with Crippen molar-refractivity contribution in [3.8, 4) is 0 Å². The molecule has 112 valence electrons. The Hall–Kier alpha value is -0.890. The summed E-state index contributed by atoms with van der Waals surface area (Å²) in [6, 6.07) is 11.7. The Kier molecular flexibility index (Phi) is 5.08. The van der Waals surface area contributed by atoms with Crippen LogP contribution in [0.25, 0.3) is 0 Å². The minimum absolute atomic E-state index is 0.184. The van der Waals surface area contributed by atoms with Gasteiger partial charge < -0.3 is 5.73 Å². The van der Waals surface area contributed by atoms with Crippen molar-refractivity contribution in [2.75, 3.05) is 4.72 Å². The number of benzene rings is 2. The van der Waals surface area contributed by atoms with E-state index in [1.807, 2.05) is 13.0 Å². The van der Waals surface area contributed by atoms with Gasteiger partial charge in [0.1, 0.15) is 0 Å². The largest absolute Gasteiger partial charge is 0.324 e. The molecule has 1 atom stereocenters. The van der Waals surface area contributed by atoms with Gasteiger partial charge in [0.2, 0.25) is 0 Å². The maximum Gasteiger partial charge on any atom is 0.261 e. The molecule has 4 nitrogen and oxygen atoms in total. The Morgan fingerprint density at radius 3 is 2.52 bits per heavy atom. The number of hydrogen-bond donors (Lipinski definition) is 2. The van der Waals surface area contributed by atoms with Gasteiger partial charge in [-0.3, -0.25) is 4.72 Å². The van der Waals surface area contributed by atoms with Crippen LogP contribution >= 0.6 is 31.9 Å². The minimum atomic E-state index is -3.66. The van der Waals surface area contributed by atoms with Crippen LogP contribution in [0.4, 0.5) is 5.69 Å². The fourth-order valence-electron chi connectivity index (χ4n) is 1.74. The van der Waals surface area contributed by atoms with Crippen molar-refractivity contribution in [2.45, 2.75) is 17.9 Å². The predicted molar refractivity (Wildman–Crippen MR) is 91.7 cm³/mol. The van der Waals surface area contributed by atoms with Gasteiger partial charge in [0.25, 0.3) is 10.0 Å². The Morgan fingerprint density at radius 1 is 1.14 bits per heavy atom. The van der Waals surface area contributed by atoms with E-state index in [9.17, 15) is 8.42 Å². The molecule has 0 saturated carbocycles. The number of anilines is 1. The summed E-state index contributed by atoms with van der Waals surface area (Å²) in [6.45, 7) is 1.81. The van der Waals surface area contributed by atoms with E-state index in [4.69, 9.17) is 5.73 Å². The van der Waals surface area contributed by atoms with Crippen LogP contribution in [-0.4, -0.2) is 8.42 Å². The number of nitrogens with one attached hydrogen (secondary N) is 1. The highest BCUT2D eigenvalue weighted by atomic mass is 79.9. The molecule has 0 saturated heterocycles. The topological polar surface area (TPSA) is 72.2 Å². The summed E-state index contributed by atoms with van der Waals surface area (Å²) >= 11 is 6.64. The maximum absolute atomic E-state index is 12.5. The van der Waals surface area contributed by atoms with Crippen molar-refractivity contribution < 1.29 is 8.42 Å². The predicted octanol–water partition coefficient (Wildman–Crippen LogP) is 4.03. The molecule has 0 heterocycles. The number of rotatable bonds is 4. The molecule has 0 fully saturated rings. The van der Waals surface area contributed by atoms with Gasteiger partial charge in [-0.25, -0.2) is 8.42 Å². The first-order valence-electron chi connectivity index (χ1n) is 6.13. The summed E-state index contributed by atoms with van der Waals surface area (Å²) in [6.07, 6.45) is 0. The van der Waals surface area contributed by atoms with Crippen LogP contribution in [-0.2, 0) is 10.0 Å². The second-order valence-electron chi connectivity index (χ2n) is 4.59. The molecule has 1 unspecified atom stereocenters. The molecule has 0 aliphatic heterocycles. The number of hydrogen-bond acceptors (Lipinski definition) is 3. The monoisotopic (exact) mass is 432 g/mol. The van der Waals surface area contributed by atoms with E-state index in [0.717, 1.165) is 10.0 Å². The van der Waals surface area contributed by atoms with Crippen LogP contribution in [0.2, 0.25) is 0 Å². The molecule has 0 aliphatic rings. The Balaban J connectivity index is 2.38. The lowest BCUT2D eigenvalue weighted by molar-refractivity contribution is 0.601. The normalized spacial score (nSPS) is 13.0. The van der Waals surface area contributed by atoms with E-state index in [-0.39, 0.29) is 10.9 Å². The van der Waals surface area contributed by atoms with Gasteiger partial charge in [0.15, 0.2) is 0 Å². The van der Waals surface area contributed by atoms with Gasteiger partial charge >= 0.3 is 0 Å². The van der Waals surface area contributed by atoms with Crippen LogP contribution in [0, 0.1) is 0 Å². The molecule has 2 aromatic carbocycles. The Morgan fingerprint density at radius 2 is 1.86 bits per heavy atom. The zero-order chi connectivity index (χ0) is 15.6. The summed E-state index contributed by atoms with van der Waals surface area (Å²) < 4.78 is 28.9. The fourth-order valence-corrected chi connectivity index (χ4v) is 3.71. The summed E-state index contributed by atoms with van der Waals surface area (Å²) in [5.41, 5.74) is 7.03. The third-order valence-electron chi connectivity index (χ3n) is 2.87. The van der Waals surface area contributed by atoms with E-state index < -0.39 is 10.0 Å². The molecule has 2 rings (SSSR count). The van der Waals surface area contributed by atoms with Crippen molar-refractivity contribution in [1.82, 2.24) is 0 Å². The fraction of sp³-hybridized carbons (Fsp3) is 0.143. The van der Waals surface area contributed by atoms with Crippen LogP contribution in [0.1, 0.15) is 18.5 Å². The average molecular weight is 434 g/mol. The number of nitrogens with two attached hydrogens (primary N) is 1. The molecular formula is C14H14Br2N2O2S. The number of sulfonamides is 1. The van der Waals surface area contributed by atoms with Crippen molar-refractivity contribution >= 4 is 47.6 Å². The smallest absolute Gasteiger partial charge is 0.261 e. The van der Waals surface area contributed by atoms with Gasteiger partial charge in [0.05, 0.1) is 10.6 Å². The first-order chi connectivity index (χ1) is 9.79. The summed E-state index contributed by atoms with van der Waals surface area (Å²) in [7, 11) is -3.66. The molecule has 0 aromatic heterocycles. The van der Waals surface area contributed by atoms with Gasteiger partial charge in [-0.15, -0.1) is 0 Å². The van der Waals surface area contributed by atoms with E-state index in [1.54, 1.807) is 36.4 Å². The second kappa shape index (κ2) is 6.48. The SMILES string of the molecule is CC(N)c1cccc(S(=O)(=O)Nc2cc(Br)ccc2Br)c1. The molecule has 2 aromatic rings. The molecule has 0 spiro atoms. The van der Waals surface area contributed by atoms with Crippen LogP contribution < -0.4 is 10.5 Å². The van der Waals surface area contributed by atoms with E-state index in [1.165, 1.54) is 0 Å². The van der Waals surface area contributed by atoms with Crippen molar-refractivity contribution in [1.29, 1.82) is 0 Å². The zero-order valence-electron chi connectivity index (χ0n) is 11.2. The quantitative estimate of drug-likeness (QED) is 0.764. The summed E-state index contributed by atoms with van der Waals surface area (Å²) in [5.74, 6) is 0. The van der Waals surface area contributed by atoms with Gasteiger partial charge in [-0.1, -0.05) is 28.1 Å². The zero-order valence-corrected chi connectivity index (χ0v) is 15.2. The molecule has 21 heavy (non-hydrogen) atoms. The lowest BCUT2D eigenvalue weighted by Crippen LogP contribution is -2.14. The maximum atomic E-state index is 12.5. The van der Waals surface area contributed by atoms with Crippen molar-refractivity contribution in [3.05, 3.63) is 57.0 Å². The third-order valence-corrected chi connectivity index (χ3v) is 5.41. The first kappa shape index (κ1) is 16.5. The van der Waals surface area contributed by atoms with Crippen LogP contribution in [0.5, 0.6) is 0 Å². The number of halogens is 2. The van der Waals surface area contributed by atoms with Crippen LogP contribution in [0.3, 0.4) is 0 Å². The van der Waals surface area contributed by atoms with E-state index in [2.05, 4.69) is 36.6 Å². The molecule has 0 radical (unpaired) electrons. The van der Waals surface area contributed by atoms with Gasteiger partial charge in [-0.05, 0) is 58.7 Å². The standard InChI is InChI=1S/C14H14Br2N2O2S/c1-9(17)10-3-2-4-12(7-10)21(19,20)18-14-8-11(15)5-6-13(14)16/h2-9,18H,17H2,1H3. The molecule has 0 aliphatic carbocycles.